The minimum Gasteiger partial charge on any atom is -0.384 e. The summed E-state index contributed by atoms with van der Waals surface area (Å²) in [6.07, 6.45) is 4.51. The summed E-state index contributed by atoms with van der Waals surface area (Å²) in [7, 11) is 0. The smallest absolute Gasteiger partial charge is 0.248 e. The van der Waals surface area contributed by atoms with E-state index in [1.165, 1.54) is 4.88 Å². The number of pyridine rings is 1. The molecule has 3 aliphatic heterocycles. The summed E-state index contributed by atoms with van der Waals surface area (Å²) in [6.45, 7) is 7.64. The van der Waals surface area contributed by atoms with Crippen LogP contribution < -0.4 is 10.6 Å². The van der Waals surface area contributed by atoms with Gasteiger partial charge < -0.3 is 29.7 Å². The van der Waals surface area contributed by atoms with E-state index < -0.39 is 0 Å². The molecule has 12 heteroatoms. The van der Waals surface area contributed by atoms with Gasteiger partial charge in [-0.2, -0.15) is 0 Å². The van der Waals surface area contributed by atoms with Crippen molar-refractivity contribution in [1.29, 1.82) is 0 Å². The van der Waals surface area contributed by atoms with Crippen LogP contribution in [0.25, 0.3) is 21.6 Å². The number of hydrogen-bond donors (Lipinski definition) is 1. The number of nitrogens with zero attached hydrogens (tertiary/aromatic N) is 6. The first kappa shape index (κ1) is 26.3. The van der Waals surface area contributed by atoms with Crippen molar-refractivity contribution in [2.24, 2.45) is 0 Å². The fraction of sp³-hybridized carbons (Fsp3) is 0.556. The van der Waals surface area contributed by atoms with Crippen molar-refractivity contribution in [2.45, 2.75) is 32.1 Å². The van der Waals surface area contributed by atoms with E-state index >= 15 is 0 Å². The number of thiophene rings is 1. The molecular formula is C27H35N7O4S. The molecule has 0 bridgehead atoms. The van der Waals surface area contributed by atoms with E-state index in [1.54, 1.807) is 23.6 Å². The maximum Gasteiger partial charge on any atom is 0.248 e. The molecule has 6 heterocycles. The predicted octanol–water partition coefficient (Wildman–Crippen LogP) is 2.36. The van der Waals surface area contributed by atoms with Gasteiger partial charge in [0.15, 0.2) is 17.9 Å². The van der Waals surface area contributed by atoms with E-state index in [2.05, 4.69) is 20.9 Å². The number of rotatable bonds is 7. The summed E-state index contributed by atoms with van der Waals surface area (Å²) < 4.78 is 18.0. The SMILES string of the molecule is Nc1ccc(-c2nc(N3CCOCC3)c3sc(CN4CCN(C(=O)COC5CCCCO5)CC4)cc3n2)cn1. The molecule has 3 aromatic rings. The van der Waals surface area contributed by atoms with Crippen LogP contribution >= 0.6 is 11.3 Å². The zero-order valence-electron chi connectivity index (χ0n) is 22.1. The van der Waals surface area contributed by atoms with Crippen LogP contribution in [0.4, 0.5) is 11.6 Å². The number of ether oxygens (including phenoxy) is 3. The molecule has 1 atom stereocenters. The van der Waals surface area contributed by atoms with Gasteiger partial charge in [-0.3, -0.25) is 9.69 Å². The normalized spacial score (nSPS) is 21.0. The van der Waals surface area contributed by atoms with Crippen molar-refractivity contribution in [1.82, 2.24) is 24.8 Å². The van der Waals surface area contributed by atoms with Crippen LogP contribution in [0.2, 0.25) is 0 Å². The van der Waals surface area contributed by atoms with Crippen LogP contribution in [0.3, 0.4) is 0 Å². The summed E-state index contributed by atoms with van der Waals surface area (Å²) in [6, 6.07) is 5.86. The van der Waals surface area contributed by atoms with Gasteiger partial charge in [-0.25, -0.2) is 15.0 Å². The number of amides is 1. The van der Waals surface area contributed by atoms with E-state index in [4.69, 9.17) is 29.9 Å². The van der Waals surface area contributed by atoms with Gasteiger partial charge in [-0.05, 0) is 37.5 Å². The molecule has 3 aliphatic rings. The summed E-state index contributed by atoms with van der Waals surface area (Å²) in [5, 5.41) is 0. The van der Waals surface area contributed by atoms with Gasteiger partial charge in [-0.1, -0.05) is 0 Å². The number of hydrogen-bond acceptors (Lipinski definition) is 11. The Hall–Kier alpha value is -2.90. The average Bonchev–Trinajstić information content (AvgIpc) is 3.39. The number of piperazine rings is 1. The fourth-order valence-electron chi connectivity index (χ4n) is 5.17. The summed E-state index contributed by atoms with van der Waals surface area (Å²) in [5.74, 6) is 2.11. The average molecular weight is 554 g/mol. The molecular weight excluding hydrogens is 518 g/mol. The number of carbonyl (C=O) groups is 1. The van der Waals surface area contributed by atoms with Gasteiger partial charge in [0, 0.05) is 69.1 Å². The van der Waals surface area contributed by atoms with E-state index in [0.717, 1.165) is 73.6 Å². The number of nitrogens with two attached hydrogens (primary N) is 1. The highest BCUT2D eigenvalue weighted by Gasteiger charge is 2.25. The molecule has 3 saturated heterocycles. The van der Waals surface area contributed by atoms with Gasteiger partial charge >= 0.3 is 0 Å². The van der Waals surface area contributed by atoms with E-state index in [-0.39, 0.29) is 18.8 Å². The number of nitrogen functional groups attached to an aromatic ring is 1. The Balaban J connectivity index is 1.13. The molecule has 3 fully saturated rings. The molecule has 39 heavy (non-hydrogen) atoms. The predicted molar refractivity (Wildman–Crippen MR) is 149 cm³/mol. The van der Waals surface area contributed by atoms with Crippen LogP contribution in [0.15, 0.2) is 24.4 Å². The standard InChI is InChI=1S/C27H35N7O4S/c28-22-5-4-19(16-29-22)26-30-21-15-20(39-25(21)27(31-26)34-10-13-36-14-11-34)17-32-6-8-33(9-7-32)23(35)18-38-24-3-1-2-12-37-24/h4-5,15-16,24H,1-3,6-14,17-18H2,(H2,28,29). The zero-order valence-corrected chi connectivity index (χ0v) is 22.9. The van der Waals surface area contributed by atoms with E-state index in [0.29, 0.717) is 44.6 Å². The highest BCUT2D eigenvalue weighted by Crippen LogP contribution is 2.35. The monoisotopic (exact) mass is 553 g/mol. The maximum absolute atomic E-state index is 12.7. The topological polar surface area (TPSA) is 119 Å². The first-order valence-corrected chi connectivity index (χ1v) is 14.5. The lowest BCUT2D eigenvalue weighted by molar-refractivity contribution is -0.175. The Bertz CT molecular complexity index is 1270. The van der Waals surface area contributed by atoms with Crippen LogP contribution in [0.1, 0.15) is 24.1 Å². The van der Waals surface area contributed by atoms with Gasteiger partial charge in [0.1, 0.15) is 12.4 Å². The Morgan fingerprint density at radius 1 is 1.08 bits per heavy atom. The second kappa shape index (κ2) is 12.1. The van der Waals surface area contributed by atoms with Crippen molar-refractivity contribution >= 4 is 39.1 Å². The van der Waals surface area contributed by atoms with Crippen LogP contribution in [0, 0.1) is 0 Å². The highest BCUT2D eigenvalue weighted by molar-refractivity contribution is 7.19. The highest BCUT2D eigenvalue weighted by atomic mass is 32.1. The summed E-state index contributed by atoms with van der Waals surface area (Å²) in [5.41, 5.74) is 7.58. The molecule has 0 aromatic carbocycles. The molecule has 2 N–H and O–H groups in total. The Labute approximate surface area is 231 Å². The molecule has 0 saturated carbocycles. The lowest BCUT2D eigenvalue weighted by Gasteiger charge is -2.34. The number of anilines is 2. The summed E-state index contributed by atoms with van der Waals surface area (Å²) >= 11 is 1.75. The molecule has 6 rings (SSSR count). The first-order valence-electron chi connectivity index (χ1n) is 13.7. The first-order chi connectivity index (χ1) is 19.1. The summed E-state index contributed by atoms with van der Waals surface area (Å²) in [4.78, 5) is 34.6. The van der Waals surface area contributed by atoms with Crippen LogP contribution in [-0.4, -0.2) is 103 Å². The molecule has 3 aromatic heterocycles. The lowest BCUT2D eigenvalue weighted by atomic mass is 10.2. The van der Waals surface area contributed by atoms with Gasteiger partial charge in [0.25, 0.3) is 0 Å². The van der Waals surface area contributed by atoms with Gasteiger partial charge in [0.2, 0.25) is 5.91 Å². The van der Waals surface area contributed by atoms with Gasteiger partial charge in [0.05, 0.1) is 23.4 Å². The van der Waals surface area contributed by atoms with Crippen molar-refractivity contribution in [3.05, 3.63) is 29.3 Å². The van der Waals surface area contributed by atoms with Gasteiger partial charge in [-0.15, -0.1) is 11.3 Å². The van der Waals surface area contributed by atoms with Crippen molar-refractivity contribution in [3.8, 4) is 11.4 Å². The minimum absolute atomic E-state index is 0.0424. The Morgan fingerprint density at radius 2 is 1.92 bits per heavy atom. The molecule has 1 amide bonds. The number of carbonyl (C=O) groups excluding carboxylic acids is 1. The molecule has 1 unspecified atom stereocenters. The van der Waals surface area contributed by atoms with E-state index in [1.807, 2.05) is 11.0 Å². The van der Waals surface area contributed by atoms with Crippen molar-refractivity contribution in [3.63, 3.8) is 0 Å². The molecule has 0 aliphatic carbocycles. The second-order valence-corrected chi connectivity index (χ2v) is 11.3. The third kappa shape index (κ3) is 6.30. The largest absolute Gasteiger partial charge is 0.384 e. The van der Waals surface area contributed by atoms with Crippen molar-refractivity contribution in [2.75, 3.05) is 76.3 Å². The van der Waals surface area contributed by atoms with E-state index in [9.17, 15) is 4.79 Å². The van der Waals surface area contributed by atoms with Crippen LogP contribution in [-0.2, 0) is 25.5 Å². The number of fused-ring (bicyclic) bond motifs is 1. The maximum atomic E-state index is 12.7. The zero-order chi connectivity index (χ0) is 26.6. The number of morpholine rings is 1. The fourth-order valence-corrected chi connectivity index (χ4v) is 6.33. The second-order valence-electron chi connectivity index (χ2n) is 10.1. The molecule has 0 spiro atoms. The Kier molecular flexibility index (Phi) is 8.16. The quantitative estimate of drug-likeness (QED) is 0.467. The third-order valence-electron chi connectivity index (χ3n) is 7.39. The number of aromatic nitrogens is 3. The molecule has 0 radical (unpaired) electrons. The third-order valence-corrected chi connectivity index (χ3v) is 8.50. The minimum atomic E-state index is -0.237. The van der Waals surface area contributed by atoms with Crippen LogP contribution in [0.5, 0.6) is 0 Å². The lowest BCUT2D eigenvalue weighted by Crippen LogP contribution is -2.49. The van der Waals surface area contributed by atoms with Crippen molar-refractivity contribution < 1.29 is 19.0 Å². The molecule has 11 nitrogen and oxygen atoms in total. The Morgan fingerprint density at radius 3 is 2.67 bits per heavy atom. The molecule has 208 valence electrons.